The first-order valence-corrected chi connectivity index (χ1v) is 8.45. The topological polar surface area (TPSA) is 61.5 Å². The maximum Gasteiger partial charge on any atom is 0.181 e. The maximum atomic E-state index is 5.52. The van der Waals surface area contributed by atoms with E-state index in [2.05, 4.69) is 38.8 Å². The lowest BCUT2D eigenvalue weighted by Crippen LogP contribution is -2.46. The second kappa shape index (κ2) is 7.17. The quantitative estimate of drug-likeness (QED) is 0.830. The molecule has 0 aromatic carbocycles. The molecule has 0 bridgehead atoms. The highest BCUT2D eigenvalue weighted by atomic mass is 16.3. The molecular formula is C17H26N6O. The SMILES string of the molecule is CC(C)c1ocnc1CN1CCN(c2ccc(N(C)C)nn2)CC1. The van der Waals surface area contributed by atoms with Crippen molar-refractivity contribution in [1.29, 1.82) is 0 Å². The highest BCUT2D eigenvalue weighted by Gasteiger charge is 2.21. The fourth-order valence-electron chi connectivity index (χ4n) is 2.94. The minimum atomic E-state index is 0.370. The number of aromatic nitrogens is 3. The summed E-state index contributed by atoms with van der Waals surface area (Å²) in [7, 11) is 3.94. The van der Waals surface area contributed by atoms with Crippen LogP contribution in [0, 0.1) is 0 Å². The molecule has 7 heteroatoms. The number of hydrogen-bond acceptors (Lipinski definition) is 7. The zero-order chi connectivity index (χ0) is 17.1. The minimum absolute atomic E-state index is 0.370. The van der Waals surface area contributed by atoms with Gasteiger partial charge in [0.2, 0.25) is 0 Å². The Hall–Kier alpha value is -2.15. The Balaban J connectivity index is 1.56. The van der Waals surface area contributed by atoms with E-state index in [0.717, 1.165) is 55.8 Å². The molecule has 1 aliphatic rings. The lowest BCUT2D eigenvalue weighted by atomic mass is 10.1. The van der Waals surface area contributed by atoms with Gasteiger partial charge in [-0.25, -0.2) is 4.98 Å². The first-order chi connectivity index (χ1) is 11.5. The van der Waals surface area contributed by atoms with Crippen LogP contribution in [0.2, 0.25) is 0 Å². The van der Waals surface area contributed by atoms with Crippen molar-refractivity contribution in [3.8, 4) is 0 Å². The predicted molar refractivity (Wildman–Crippen MR) is 94.4 cm³/mol. The maximum absolute atomic E-state index is 5.52. The molecule has 3 heterocycles. The largest absolute Gasteiger partial charge is 0.448 e. The van der Waals surface area contributed by atoms with Gasteiger partial charge in [0.1, 0.15) is 5.76 Å². The molecule has 3 rings (SSSR count). The van der Waals surface area contributed by atoms with Gasteiger partial charge in [-0.3, -0.25) is 4.90 Å². The minimum Gasteiger partial charge on any atom is -0.448 e. The van der Waals surface area contributed by atoms with Crippen molar-refractivity contribution in [3.63, 3.8) is 0 Å². The molecule has 0 unspecified atom stereocenters. The van der Waals surface area contributed by atoms with E-state index in [1.807, 2.05) is 31.1 Å². The highest BCUT2D eigenvalue weighted by molar-refractivity contribution is 5.44. The van der Waals surface area contributed by atoms with Gasteiger partial charge in [-0.05, 0) is 12.1 Å². The smallest absolute Gasteiger partial charge is 0.181 e. The molecule has 7 nitrogen and oxygen atoms in total. The summed E-state index contributed by atoms with van der Waals surface area (Å²) in [5.41, 5.74) is 1.06. The lowest BCUT2D eigenvalue weighted by molar-refractivity contribution is 0.244. The zero-order valence-electron chi connectivity index (χ0n) is 14.9. The Morgan fingerprint density at radius 1 is 1.12 bits per heavy atom. The molecular weight excluding hydrogens is 304 g/mol. The van der Waals surface area contributed by atoms with Crippen LogP contribution in [0.3, 0.4) is 0 Å². The van der Waals surface area contributed by atoms with Gasteiger partial charge < -0.3 is 14.2 Å². The van der Waals surface area contributed by atoms with E-state index in [1.54, 1.807) is 6.39 Å². The third-order valence-corrected chi connectivity index (χ3v) is 4.36. The van der Waals surface area contributed by atoms with E-state index >= 15 is 0 Å². The number of piperazine rings is 1. The van der Waals surface area contributed by atoms with Crippen LogP contribution in [-0.2, 0) is 6.54 Å². The molecule has 2 aromatic heterocycles. The predicted octanol–water partition coefficient (Wildman–Crippen LogP) is 1.98. The Bertz CT molecular complexity index is 643. The molecule has 2 aromatic rings. The summed E-state index contributed by atoms with van der Waals surface area (Å²) in [6, 6.07) is 4.06. The van der Waals surface area contributed by atoms with E-state index in [-0.39, 0.29) is 0 Å². The summed E-state index contributed by atoms with van der Waals surface area (Å²) in [5.74, 6) is 3.20. The summed E-state index contributed by atoms with van der Waals surface area (Å²) >= 11 is 0. The van der Waals surface area contributed by atoms with E-state index in [1.165, 1.54) is 0 Å². The highest BCUT2D eigenvalue weighted by Crippen LogP contribution is 2.21. The van der Waals surface area contributed by atoms with Crippen LogP contribution in [0.25, 0.3) is 0 Å². The lowest BCUT2D eigenvalue weighted by Gasteiger charge is -2.35. The first kappa shape index (κ1) is 16.7. The third-order valence-electron chi connectivity index (χ3n) is 4.36. The molecule has 24 heavy (non-hydrogen) atoms. The van der Waals surface area contributed by atoms with Crippen molar-refractivity contribution in [1.82, 2.24) is 20.1 Å². The van der Waals surface area contributed by atoms with Gasteiger partial charge in [0, 0.05) is 52.7 Å². The number of rotatable bonds is 5. The molecule has 0 saturated carbocycles. The van der Waals surface area contributed by atoms with Crippen molar-refractivity contribution in [3.05, 3.63) is 30.0 Å². The number of nitrogens with zero attached hydrogens (tertiary/aromatic N) is 6. The molecule has 1 fully saturated rings. The van der Waals surface area contributed by atoms with Crippen LogP contribution in [0.5, 0.6) is 0 Å². The van der Waals surface area contributed by atoms with Crippen LogP contribution < -0.4 is 9.80 Å². The fraction of sp³-hybridized carbons (Fsp3) is 0.588. The second-order valence-corrected chi connectivity index (χ2v) is 6.73. The average molecular weight is 330 g/mol. The van der Waals surface area contributed by atoms with Crippen molar-refractivity contribution >= 4 is 11.6 Å². The van der Waals surface area contributed by atoms with Crippen LogP contribution in [0.1, 0.15) is 31.2 Å². The van der Waals surface area contributed by atoms with Crippen LogP contribution in [0.15, 0.2) is 22.9 Å². The molecule has 1 saturated heterocycles. The number of oxazole rings is 1. The van der Waals surface area contributed by atoms with Crippen molar-refractivity contribution in [2.75, 3.05) is 50.1 Å². The molecule has 0 N–H and O–H groups in total. The standard InChI is InChI=1S/C17H26N6O/c1-13(2)17-14(18-12-24-17)11-22-7-9-23(10-8-22)16-6-5-15(19-20-16)21(3)4/h5-6,12-13H,7-11H2,1-4H3. The van der Waals surface area contributed by atoms with E-state index in [4.69, 9.17) is 4.42 Å². The number of hydrogen-bond donors (Lipinski definition) is 0. The van der Waals surface area contributed by atoms with E-state index < -0.39 is 0 Å². The van der Waals surface area contributed by atoms with Gasteiger partial charge in [-0.2, -0.15) is 0 Å². The molecule has 130 valence electrons. The van der Waals surface area contributed by atoms with Crippen LogP contribution in [0.4, 0.5) is 11.6 Å². The summed E-state index contributed by atoms with van der Waals surface area (Å²) < 4.78 is 5.52. The second-order valence-electron chi connectivity index (χ2n) is 6.73. The Kier molecular flexibility index (Phi) is 4.99. The Morgan fingerprint density at radius 2 is 1.88 bits per heavy atom. The Morgan fingerprint density at radius 3 is 2.46 bits per heavy atom. The average Bonchev–Trinajstić information content (AvgIpc) is 3.04. The molecule has 0 aliphatic carbocycles. The third kappa shape index (κ3) is 3.67. The fourth-order valence-corrected chi connectivity index (χ4v) is 2.94. The number of anilines is 2. The van der Waals surface area contributed by atoms with Gasteiger partial charge in [0.25, 0.3) is 0 Å². The Labute approximate surface area is 143 Å². The van der Waals surface area contributed by atoms with Gasteiger partial charge in [0.15, 0.2) is 18.0 Å². The van der Waals surface area contributed by atoms with Gasteiger partial charge in [-0.1, -0.05) is 13.8 Å². The summed E-state index contributed by atoms with van der Waals surface area (Å²) in [6.07, 6.45) is 1.56. The van der Waals surface area contributed by atoms with Gasteiger partial charge >= 0.3 is 0 Å². The summed E-state index contributed by atoms with van der Waals surface area (Å²) in [6.45, 7) is 9.00. The van der Waals surface area contributed by atoms with Crippen molar-refractivity contribution in [2.45, 2.75) is 26.3 Å². The summed E-state index contributed by atoms with van der Waals surface area (Å²) in [5, 5.41) is 8.61. The molecule has 0 amide bonds. The monoisotopic (exact) mass is 330 g/mol. The summed E-state index contributed by atoms with van der Waals surface area (Å²) in [4.78, 5) is 11.0. The van der Waals surface area contributed by atoms with Crippen molar-refractivity contribution in [2.24, 2.45) is 0 Å². The van der Waals surface area contributed by atoms with Gasteiger partial charge in [-0.15, -0.1) is 10.2 Å². The van der Waals surface area contributed by atoms with E-state index in [9.17, 15) is 0 Å². The molecule has 0 atom stereocenters. The normalized spacial score (nSPS) is 16.0. The molecule has 0 radical (unpaired) electrons. The molecule has 0 spiro atoms. The van der Waals surface area contributed by atoms with Crippen LogP contribution >= 0.6 is 0 Å². The van der Waals surface area contributed by atoms with Gasteiger partial charge in [0.05, 0.1) is 5.69 Å². The van der Waals surface area contributed by atoms with Crippen molar-refractivity contribution < 1.29 is 4.42 Å². The molecule has 1 aliphatic heterocycles. The first-order valence-electron chi connectivity index (χ1n) is 8.45. The van der Waals surface area contributed by atoms with Crippen LogP contribution in [-0.4, -0.2) is 60.4 Å². The zero-order valence-corrected chi connectivity index (χ0v) is 14.9. The van der Waals surface area contributed by atoms with E-state index in [0.29, 0.717) is 5.92 Å².